The number of pyridine rings is 1. The van der Waals surface area contributed by atoms with Crippen molar-refractivity contribution >= 4 is 21.9 Å². The molecule has 3 nitrogen and oxygen atoms in total. The fourth-order valence-electron chi connectivity index (χ4n) is 4.89. The first kappa shape index (κ1) is 20.9. The third kappa shape index (κ3) is 3.48. The lowest BCUT2D eigenvalue weighted by atomic mass is 9.95. The number of aryl methyl sites for hydroxylation is 2. The van der Waals surface area contributed by atoms with Crippen LogP contribution in [0.3, 0.4) is 0 Å². The Morgan fingerprint density at radius 3 is 2.20 bits per heavy atom. The van der Waals surface area contributed by atoms with Crippen LogP contribution < -0.4 is 4.57 Å². The number of rotatable bonds is 3. The van der Waals surface area contributed by atoms with Gasteiger partial charge in [0, 0.05) is 28.5 Å². The van der Waals surface area contributed by atoms with Crippen LogP contribution in [0.25, 0.3) is 55.4 Å². The van der Waals surface area contributed by atoms with E-state index in [2.05, 4.69) is 72.2 Å². The van der Waals surface area contributed by atoms with Crippen molar-refractivity contribution in [1.29, 1.82) is 5.26 Å². The first-order valence-electron chi connectivity index (χ1n) is 11.6. The van der Waals surface area contributed by atoms with Gasteiger partial charge < -0.3 is 4.42 Å². The standard InChI is InChI=1S/C32H23N2O/c1-21-11-16-26-28-18-25(20-33)27(24-14-12-23(13-15-24)22-8-4-3-5-9-22)19-30(28)35-32(26)31(21)29-10-6-7-17-34(29)2/h3-19H,1-2H3/q+1. The predicted octanol–water partition coefficient (Wildman–Crippen LogP) is 7.59. The second kappa shape index (κ2) is 8.27. The third-order valence-corrected chi connectivity index (χ3v) is 6.72. The van der Waals surface area contributed by atoms with Crippen LogP contribution in [-0.2, 0) is 7.05 Å². The van der Waals surface area contributed by atoms with Crippen molar-refractivity contribution in [3.05, 3.63) is 114 Å². The Balaban J connectivity index is 1.54. The van der Waals surface area contributed by atoms with E-state index in [4.69, 9.17) is 4.42 Å². The molecular weight excluding hydrogens is 428 g/mol. The summed E-state index contributed by atoms with van der Waals surface area (Å²) in [6, 6.07) is 35.4. The Labute approximate surface area is 204 Å². The molecule has 6 rings (SSSR count). The number of benzene rings is 4. The van der Waals surface area contributed by atoms with Gasteiger partial charge in [-0.05, 0) is 47.4 Å². The molecule has 0 N–H and O–H groups in total. The molecule has 0 unspecified atom stereocenters. The molecule has 4 aromatic carbocycles. The predicted molar refractivity (Wildman–Crippen MR) is 141 cm³/mol. The van der Waals surface area contributed by atoms with E-state index in [1.165, 1.54) is 5.56 Å². The fourth-order valence-corrected chi connectivity index (χ4v) is 4.89. The molecule has 0 saturated carbocycles. The lowest BCUT2D eigenvalue weighted by Crippen LogP contribution is -2.30. The molecule has 0 bridgehead atoms. The summed E-state index contributed by atoms with van der Waals surface area (Å²) in [6.07, 6.45) is 2.04. The summed E-state index contributed by atoms with van der Waals surface area (Å²) in [7, 11) is 2.04. The van der Waals surface area contributed by atoms with Gasteiger partial charge in [0.2, 0.25) is 5.69 Å². The monoisotopic (exact) mass is 451 g/mol. The molecule has 0 aliphatic rings. The summed E-state index contributed by atoms with van der Waals surface area (Å²) < 4.78 is 8.61. The van der Waals surface area contributed by atoms with Crippen LogP contribution in [0.2, 0.25) is 0 Å². The molecule has 0 aliphatic heterocycles. The average Bonchev–Trinajstić information content (AvgIpc) is 3.26. The van der Waals surface area contributed by atoms with Crippen molar-refractivity contribution in [2.45, 2.75) is 6.92 Å². The minimum atomic E-state index is 0.639. The van der Waals surface area contributed by atoms with Crippen molar-refractivity contribution in [3.63, 3.8) is 0 Å². The minimum absolute atomic E-state index is 0.639. The number of furan rings is 1. The molecule has 0 saturated heterocycles. The Kier molecular flexibility index (Phi) is 4.94. The van der Waals surface area contributed by atoms with E-state index < -0.39 is 0 Å². The molecule has 0 atom stereocenters. The second-order valence-electron chi connectivity index (χ2n) is 8.88. The summed E-state index contributed by atoms with van der Waals surface area (Å²) in [4.78, 5) is 0. The number of hydrogen-bond donors (Lipinski definition) is 0. The molecule has 35 heavy (non-hydrogen) atoms. The van der Waals surface area contributed by atoms with E-state index in [0.717, 1.165) is 55.4 Å². The van der Waals surface area contributed by atoms with Gasteiger partial charge in [-0.15, -0.1) is 0 Å². The van der Waals surface area contributed by atoms with Gasteiger partial charge >= 0.3 is 0 Å². The molecule has 2 heterocycles. The van der Waals surface area contributed by atoms with E-state index in [9.17, 15) is 5.26 Å². The molecule has 0 radical (unpaired) electrons. The summed E-state index contributed by atoms with van der Waals surface area (Å²) in [5.41, 5.74) is 9.78. The average molecular weight is 452 g/mol. The van der Waals surface area contributed by atoms with Gasteiger partial charge in [0.25, 0.3) is 0 Å². The zero-order valence-corrected chi connectivity index (χ0v) is 19.6. The molecule has 3 heteroatoms. The highest BCUT2D eigenvalue weighted by molar-refractivity contribution is 6.11. The minimum Gasteiger partial charge on any atom is -0.455 e. The smallest absolute Gasteiger partial charge is 0.216 e. The van der Waals surface area contributed by atoms with E-state index in [1.807, 2.05) is 55.7 Å². The summed E-state index contributed by atoms with van der Waals surface area (Å²) in [5.74, 6) is 0. The number of aromatic nitrogens is 1. The van der Waals surface area contributed by atoms with Crippen LogP contribution in [0.4, 0.5) is 0 Å². The van der Waals surface area contributed by atoms with Gasteiger partial charge in [0.05, 0.1) is 17.2 Å². The van der Waals surface area contributed by atoms with Crippen molar-refractivity contribution < 1.29 is 8.98 Å². The van der Waals surface area contributed by atoms with Crippen molar-refractivity contribution in [3.8, 4) is 39.6 Å². The van der Waals surface area contributed by atoms with Crippen molar-refractivity contribution in [2.75, 3.05) is 0 Å². The van der Waals surface area contributed by atoms with E-state index >= 15 is 0 Å². The topological polar surface area (TPSA) is 40.8 Å². The van der Waals surface area contributed by atoms with Crippen LogP contribution in [-0.4, -0.2) is 0 Å². The van der Waals surface area contributed by atoms with E-state index in [1.54, 1.807) is 0 Å². The van der Waals surface area contributed by atoms with E-state index in [0.29, 0.717) is 5.56 Å². The molecule has 0 spiro atoms. The largest absolute Gasteiger partial charge is 0.455 e. The molecule has 0 aliphatic carbocycles. The SMILES string of the molecule is Cc1ccc2c(oc3cc(-c4ccc(-c5ccccc5)cc4)c(C#N)cc32)c1-c1cccc[n+]1C. The summed E-state index contributed by atoms with van der Waals surface area (Å²) in [6.45, 7) is 2.11. The Morgan fingerprint density at radius 2 is 1.46 bits per heavy atom. The molecule has 0 fully saturated rings. The highest BCUT2D eigenvalue weighted by Gasteiger charge is 2.21. The van der Waals surface area contributed by atoms with Crippen molar-refractivity contribution in [2.24, 2.45) is 7.05 Å². The maximum atomic E-state index is 10.0. The fraction of sp³-hybridized carbons (Fsp3) is 0.0625. The third-order valence-electron chi connectivity index (χ3n) is 6.72. The van der Waals surface area contributed by atoms with Crippen LogP contribution in [0, 0.1) is 18.3 Å². The van der Waals surface area contributed by atoms with E-state index in [-0.39, 0.29) is 0 Å². The normalized spacial score (nSPS) is 11.1. The van der Waals surface area contributed by atoms with Gasteiger partial charge in [-0.25, -0.2) is 4.57 Å². The molecule has 166 valence electrons. The first-order valence-corrected chi connectivity index (χ1v) is 11.6. The highest BCUT2D eigenvalue weighted by Crippen LogP contribution is 2.39. The zero-order valence-electron chi connectivity index (χ0n) is 19.6. The lowest BCUT2D eigenvalue weighted by molar-refractivity contribution is -0.660. The quantitative estimate of drug-likeness (QED) is 0.260. The molecular formula is C32H23N2O+. The van der Waals surface area contributed by atoms with Gasteiger partial charge in [0.1, 0.15) is 18.2 Å². The van der Waals surface area contributed by atoms with Crippen LogP contribution >= 0.6 is 0 Å². The number of nitrogens with zero attached hydrogens (tertiary/aromatic N) is 2. The van der Waals surface area contributed by atoms with Gasteiger partial charge in [0.15, 0.2) is 6.20 Å². The maximum Gasteiger partial charge on any atom is 0.216 e. The first-order chi connectivity index (χ1) is 17.1. The molecule has 6 aromatic rings. The number of nitriles is 1. The second-order valence-corrected chi connectivity index (χ2v) is 8.88. The highest BCUT2D eigenvalue weighted by atomic mass is 16.3. The summed E-state index contributed by atoms with van der Waals surface area (Å²) in [5, 5.41) is 12.0. The van der Waals surface area contributed by atoms with Gasteiger partial charge in [-0.1, -0.05) is 66.7 Å². The Hall–Kier alpha value is -4.68. The van der Waals surface area contributed by atoms with Crippen LogP contribution in [0.1, 0.15) is 11.1 Å². The lowest BCUT2D eigenvalue weighted by Gasteiger charge is -2.07. The number of fused-ring (bicyclic) bond motifs is 3. The van der Waals surface area contributed by atoms with Gasteiger partial charge in [-0.2, -0.15) is 5.26 Å². The van der Waals surface area contributed by atoms with Gasteiger partial charge in [-0.3, -0.25) is 0 Å². The van der Waals surface area contributed by atoms with Crippen molar-refractivity contribution in [1.82, 2.24) is 0 Å². The molecule has 2 aromatic heterocycles. The number of hydrogen-bond acceptors (Lipinski definition) is 2. The van der Waals surface area contributed by atoms with Crippen LogP contribution in [0.5, 0.6) is 0 Å². The Morgan fingerprint density at radius 1 is 0.743 bits per heavy atom. The Bertz CT molecular complexity index is 1750. The van der Waals surface area contributed by atoms with Crippen LogP contribution in [0.15, 0.2) is 108 Å². The maximum absolute atomic E-state index is 10.0. The summed E-state index contributed by atoms with van der Waals surface area (Å²) >= 11 is 0. The molecule has 0 amide bonds. The zero-order chi connectivity index (χ0) is 23.9.